The van der Waals surface area contributed by atoms with Crippen molar-refractivity contribution in [3.63, 3.8) is 0 Å². The zero-order chi connectivity index (χ0) is 17.8. The average Bonchev–Trinajstić information content (AvgIpc) is 2.61. The molecule has 1 atom stereocenters. The number of carbonyl (C=O) groups is 1. The van der Waals surface area contributed by atoms with Crippen LogP contribution in [0.3, 0.4) is 0 Å². The van der Waals surface area contributed by atoms with Crippen molar-refractivity contribution in [1.82, 2.24) is 0 Å². The molecule has 0 saturated heterocycles. The van der Waals surface area contributed by atoms with E-state index in [1.807, 2.05) is 42.5 Å². The molecule has 25 heavy (non-hydrogen) atoms. The summed E-state index contributed by atoms with van der Waals surface area (Å²) in [5, 5.41) is 9.11. The lowest BCUT2D eigenvalue weighted by molar-refractivity contribution is 0.0697. The van der Waals surface area contributed by atoms with Crippen molar-refractivity contribution < 1.29 is 9.90 Å². The number of nitrogens with two attached hydrogens (primary N) is 1. The second-order valence-electron chi connectivity index (χ2n) is 5.98. The molecule has 1 unspecified atom stereocenters. The number of benzene rings is 3. The monoisotopic (exact) mass is 395 g/mol. The van der Waals surface area contributed by atoms with Crippen LogP contribution in [-0.4, -0.2) is 11.1 Å². The second-order valence-corrected chi connectivity index (χ2v) is 6.90. The van der Waals surface area contributed by atoms with Crippen LogP contribution < -0.4 is 5.73 Å². The molecule has 3 aromatic rings. The molecule has 0 saturated carbocycles. The van der Waals surface area contributed by atoms with Gasteiger partial charge in [0.2, 0.25) is 0 Å². The molecule has 3 aromatic carbocycles. The van der Waals surface area contributed by atoms with Gasteiger partial charge in [0.05, 0.1) is 5.56 Å². The molecule has 0 bridgehead atoms. The fourth-order valence-corrected chi connectivity index (χ4v) is 3.20. The number of rotatable bonds is 5. The molecule has 0 heterocycles. The fourth-order valence-electron chi connectivity index (χ4n) is 2.94. The molecule has 0 aliphatic carbocycles. The van der Waals surface area contributed by atoms with Crippen molar-refractivity contribution in [1.29, 1.82) is 0 Å². The van der Waals surface area contributed by atoms with Crippen LogP contribution in [0.2, 0.25) is 0 Å². The van der Waals surface area contributed by atoms with E-state index in [2.05, 4.69) is 34.1 Å². The summed E-state index contributed by atoms with van der Waals surface area (Å²) in [6.45, 7) is 0. The molecule has 0 spiro atoms. The van der Waals surface area contributed by atoms with Gasteiger partial charge in [-0.1, -0.05) is 52.3 Å². The second kappa shape index (κ2) is 7.53. The molecule has 3 nitrogen and oxygen atoms in total. The minimum absolute atomic E-state index is 0.123. The van der Waals surface area contributed by atoms with E-state index in [1.165, 1.54) is 5.56 Å². The zero-order valence-corrected chi connectivity index (χ0v) is 15.1. The summed E-state index contributed by atoms with van der Waals surface area (Å²) in [6, 6.07) is 23.2. The first kappa shape index (κ1) is 17.2. The molecule has 0 aliphatic rings. The van der Waals surface area contributed by atoms with Crippen LogP contribution in [0.1, 0.15) is 33.0 Å². The zero-order valence-electron chi connectivity index (χ0n) is 13.5. The Labute approximate surface area is 155 Å². The first-order valence-corrected chi connectivity index (χ1v) is 8.75. The quantitative estimate of drug-likeness (QED) is 0.590. The number of carboxylic acid groups (broad SMARTS) is 1. The molecule has 3 rings (SSSR count). The van der Waals surface area contributed by atoms with Gasteiger partial charge in [0.15, 0.2) is 0 Å². The van der Waals surface area contributed by atoms with Crippen molar-refractivity contribution in [3.05, 3.63) is 99.5 Å². The maximum Gasteiger partial charge on any atom is 0.335 e. The Balaban J connectivity index is 1.98. The smallest absolute Gasteiger partial charge is 0.335 e. The summed E-state index contributed by atoms with van der Waals surface area (Å²) < 4.78 is 1.03. The van der Waals surface area contributed by atoms with Gasteiger partial charge in [0.1, 0.15) is 0 Å². The van der Waals surface area contributed by atoms with Crippen molar-refractivity contribution in [3.8, 4) is 0 Å². The topological polar surface area (TPSA) is 63.3 Å². The van der Waals surface area contributed by atoms with Gasteiger partial charge in [0.25, 0.3) is 0 Å². The van der Waals surface area contributed by atoms with Gasteiger partial charge in [-0.3, -0.25) is 0 Å². The summed E-state index contributed by atoms with van der Waals surface area (Å²) in [7, 11) is 0. The van der Waals surface area contributed by atoms with Gasteiger partial charge in [-0.2, -0.15) is 0 Å². The van der Waals surface area contributed by atoms with E-state index in [9.17, 15) is 4.79 Å². The molecule has 0 radical (unpaired) electrons. The summed E-state index contributed by atoms with van der Waals surface area (Å²) >= 11 is 3.47. The maximum atomic E-state index is 11.1. The average molecular weight is 396 g/mol. The predicted molar refractivity (Wildman–Crippen MR) is 104 cm³/mol. The SMILES string of the molecule is Nc1cccc(CC(c2ccc(Br)cc2)c2ccc(C(=O)O)cc2)c1. The van der Waals surface area contributed by atoms with Crippen LogP contribution >= 0.6 is 15.9 Å². The lowest BCUT2D eigenvalue weighted by Crippen LogP contribution is -2.06. The van der Waals surface area contributed by atoms with Crippen LogP contribution in [0.25, 0.3) is 0 Å². The highest BCUT2D eigenvalue weighted by Gasteiger charge is 2.16. The van der Waals surface area contributed by atoms with Crippen LogP contribution in [0.4, 0.5) is 5.69 Å². The van der Waals surface area contributed by atoms with Crippen molar-refractivity contribution in [2.24, 2.45) is 0 Å². The Bertz CT molecular complexity index is 873. The van der Waals surface area contributed by atoms with Gasteiger partial charge in [0, 0.05) is 16.1 Å². The van der Waals surface area contributed by atoms with E-state index in [1.54, 1.807) is 12.1 Å². The molecule has 0 amide bonds. The van der Waals surface area contributed by atoms with Gasteiger partial charge in [-0.05, 0) is 59.5 Å². The standard InChI is InChI=1S/C21H18BrNO2/c22-18-10-8-16(9-11-18)20(13-14-2-1-3-19(23)12-14)15-4-6-17(7-5-15)21(24)25/h1-12,20H,13,23H2,(H,24,25). The minimum atomic E-state index is -0.914. The van der Waals surface area contributed by atoms with Gasteiger partial charge < -0.3 is 10.8 Å². The van der Waals surface area contributed by atoms with E-state index >= 15 is 0 Å². The fraction of sp³-hybridized carbons (Fsp3) is 0.0952. The lowest BCUT2D eigenvalue weighted by Gasteiger charge is -2.19. The summed E-state index contributed by atoms with van der Waals surface area (Å²) in [5.41, 5.74) is 10.4. The third kappa shape index (κ3) is 4.28. The Hall–Kier alpha value is -2.59. The Kier molecular flexibility index (Phi) is 5.19. The van der Waals surface area contributed by atoms with E-state index in [0.717, 1.165) is 27.7 Å². The van der Waals surface area contributed by atoms with E-state index in [-0.39, 0.29) is 5.92 Å². The lowest BCUT2D eigenvalue weighted by atomic mass is 9.85. The molecule has 4 heteroatoms. The number of halogens is 1. The summed E-state index contributed by atoms with van der Waals surface area (Å²) in [4.78, 5) is 11.1. The van der Waals surface area contributed by atoms with Gasteiger partial charge in [-0.15, -0.1) is 0 Å². The normalized spacial score (nSPS) is 11.9. The van der Waals surface area contributed by atoms with Crippen LogP contribution in [0.5, 0.6) is 0 Å². The summed E-state index contributed by atoms with van der Waals surface area (Å²) in [5.74, 6) is -0.791. The number of anilines is 1. The van der Waals surface area contributed by atoms with Crippen molar-refractivity contribution >= 4 is 27.6 Å². The molecule has 3 N–H and O–H groups in total. The number of hydrogen-bond acceptors (Lipinski definition) is 2. The summed E-state index contributed by atoms with van der Waals surface area (Å²) in [6.07, 6.45) is 0.791. The highest BCUT2D eigenvalue weighted by Crippen LogP contribution is 2.30. The third-order valence-corrected chi connectivity index (χ3v) is 4.75. The largest absolute Gasteiger partial charge is 0.478 e. The number of hydrogen-bond donors (Lipinski definition) is 2. The van der Waals surface area contributed by atoms with Crippen molar-refractivity contribution in [2.45, 2.75) is 12.3 Å². The Morgan fingerprint density at radius 1 is 0.960 bits per heavy atom. The van der Waals surface area contributed by atoms with Crippen LogP contribution in [0.15, 0.2) is 77.3 Å². The molecule has 0 aliphatic heterocycles. The van der Waals surface area contributed by atoms with Gasteiger partial charge in [-0.25, -0.2) is 4.79 Å². The van der Waals surface area contributed by atoms with Crippen LogP contribution in [0, 0.1) is 0 Å². The van der Waals surface area contributed by atoms with E-state index in [4.69, 9.17) is 10.8 Å². The molecule has 126 valence electrons. The minimum Gasteiger partial charge on any atom is -0.478 e. The molecular weight excluding hydrogens is 378 g/mol. The predicted octanol–water partition coefficient (Wildman–Crippen LogP) is 5.10. The maximum absolute atomic E-state index is 11.1. The highest BCUT2D eigenvalue weighted by molar-refractivity contribution is 9.10. The van der Waals surface area contributed by atoms with E-state index in [0.29, 0.717) is 5.56 Å². The van der Waals surface area contributed by atoms with Crippen molar-refractivity contribution in [2.75, 3.05) is 5.73 Å². The Morgan fingerprint density at radius 3 is 2.12 bits per heavy atom. The molecule has 0 fully saturated rings. The molecular formula is C21H18BrNO2. The number of aromatic carboxylic acids is 1. The number of carboxylic acids is 1. The number of nitrogen functional groups attached to an aromatic ring is 1. The van der Waals surface area contributed by atoms with Crippen LogP contribution in [-0.2, 0) is 6.42 Å². The molecule has 0 aromatic heterocycles. The highest BCUT2D eigenvalue weighted by atomic mass is 79.9. The van der Waals surface area contributed by atoms with Gasteiger partial charge >= 0.3 is 5.97 Å². The van der Waals surface area contributed by atoms with E-state index < -0.39 is 5.97 Å². The first-order chi connectivity index (χ1) is 12.0. The third-order valence-electron chi connectivity index (χ3n) is 4.22. The first-order valence-electron chi connectivity index (χ1n) is 7.96. The Morgan fingerprint density at radius 2 is 1.56 bits per heavy atom.